The van der Waals surface area contributed by atoms with Crippen molar-refractivity contribution in [1.82, 2.24) is 0 Å². The molecule has 0 amide bonds. The number of benzene rings is 3. The first-order chi connectivity index (χ1) is 11.7. The molecule has 0 bridgehead atoms. The second-order valence-corrected chi connectivity index (χ2v) is 6.13. The SMILES string of the molecule is NC(=S)c1cccc(NC(=S)c2ccccc2)c1-c1ccccc1. The molecule has 0 fully saturated rings. The standard InChI is InChI=1S/C20H16N2S2/c21-19(23)16-12-7-13-17(18(16)14-8-3-1-4-9-14)22-20(24)15-10-5-2-6-11-15/h1-13H,(H2,21,23)(H,22,24). The van der Waals surface area contributed by atoms with Crippen molar-refractivity contribution >= 4 is 40.1 Å². The van der Waals surface area contributed by atoms with Crippen LogP contribution in [0.5, 0.6) is 0 Å². The zero-order valence-corrected chi connectivity index (χ0v) is 14.5. The van der Waals surface area contributed by atoms with Gasteiger partial charge in [-0.2, -0.15) is 0 Å². The Morgan fingerprint density at radius 1 is 0.750 bits per heavy atom. The monoisotopic (exact) mass is 348 g/mol. The van der Waals surface area contributed by atoms with E-state index in [1.807, 2.05) is 78.9 Å². The number of nitrogens with two attached hydrogens (primary N) is 1. The van der Waals surface area contributed by atoms with E-state index in [0.717, 1.165) is 27.9 Å². The maximum absolute atomic E-state index is 5.93. The Morgan fingerprint density at radius 2 is 1.38 bits per heavy atom. The number of nitrogens with one attached hydrogen (secondary N) is 1. The van der Waals surface area contributed by atoms with E-state index < -0.39 is 0 Å². The molecule has 0 heterocycles. The molecular weight excluding hydrogens is 332 g/mol. The molecular formula is C20H16N2S2. The summed E-state index contributed by atoms with van der Waals surface area (Å²) in [6.07, 6.45) is 0. The van der Waals surface area contributed by atoms with Crippen molar-refractivity contribution < 1.29 is 0 Å². The summed E-state index contributed by atoms with van der Waals surface area (Å²) < 4.78 is 0. The summed E-state index contributed by atoms with van der Waals surface area (Å²) in [5.74, 6) is 0. The third-order valence-electron chi connectivity index (χ3n) is 3.68. The Bertz CT molecular complexity index is 875. The van der Waals surface area contributed by atoms with Gasteiger partial charge < -0.3 is 11.1 Å². The minimum Gasteiger partial charge on any atom is -0.389 e. The van der Waals surface area contributed by atoms with Gasteiger partial charge >= 0.3 is 0 Å². The number of anilines is 1. The van der Waals surface area contributed by atoms with Crippen LogP contribution in [-0.4, -0.2) is 9.98 Å². The van der Waals surface area contributed by atoms with E-state index in [2.05, 4.69) is 5.32 Å². The molecule has 0 aliphatic rings. The van der Waals surface area contributed by atoms with Crippen LogP contribution in [0.1, 0.15) is 11.1 Å². The van der Waals surface area contributed by atoms with Gasteiger partial charge in [-0.25, -0.2) is 0 Å². The third kappa shape index (κ3) is 3.50. The van der Waals surface area contributed by atoms with Gasteiger partial charge in [-0.15, -0.1) is 0 Å². The molecule has 4 heteroatoms. The molecule has 3 rings (SSSR count). The normalized spacial score (nSPS) is 10.2. The van der Waals surface area contributed by atoms with Crippen LogP contribution in [-0.2, 0) is 0 Å². The van der Waals surface area contributed by atoms with Crippen molar-refractivity contribution in [2.75, 3.05) is 5.32 Å². The molecule has 0 spiro atoms. The fraction of sp³-hybridized carbons (Fsp3) is 0. The molecule has 3 aromatic rings. The quantitative estimate of drug-likeness (QED) is 0.666. The predicted molar refractivity (Wildman–Crippen MR) is 110 cm³/mol. The summed E-state index contributed by atoms with van der Waals surface area (Å²) in [6, 6.07) is 25.7. The van der Waals surface area contributed by atoms with E-state index in [1.165, 1.54) is 0 Å². The first-order valence-corrected chi connectivity index (χ1v) is 8.33. The molecule has 3 aromatic carbocycles. The van der Waals surface area contributed by atoms with Gasteiger partial charge in [0, 0.05) is 22.4 Å². The minimum absolute atomic E-state index is 0.364. The van der Waals surface area contributed by atoms with Gasteiger partial charge in [0.25, 0.3) is 0 Å². The summed E-state index contributed by atoms with van der Waals surface area (Å²) in [6.45, 7) is 0. The Labute approximate surface area is 152 Å². The van der Waals surface area contributed by atoms with Gasteiger partial charge in [-0.1, -0.05) is 97.2 Å². The number of rotatable bonds is 4. The largest absolute Gasteiger partial charge is 0.389 e. The van der Waals surface area contributed by atoms with Gasteiger partial charge in [0.05, 0.1) is 0 Å². The van der Waals surface area contributed by atoms with E-state index in [9.17, 15) is 0 Å². The van der Waals surface area contributed by atoms with Crippen LogP contribution in [0.3, 0.4) is 0 Å². The summed E-state index contributed by atoms with van der Waals surface area (Å²) >= 11 is 10.8. The number of hydrogen-bond acceptors (Lipinski definition) is 2. The van der Waals surface area contributed by atoms with Crippen LogP contribution in [0.25, 0.3) is 11.1 Å². The molecule has 3 N–H and O–H groups in total. The van der Waals surface area contributed by atoms with Crippen LogP contribution in [0, 0.1) is 0 Å². The van der Waals surface area contributed by atoms with Crippen molar-refractivity contribution in [3.8, 4) is 11.1 Å². The molecule has 0 saturated carbocycles. The maximum atomic E-state index is 5.93. The third-order valence-corrected chi connectivity index (χ3v) is 4.23. The van der Waals surface area contributed by atoms with Crippen LogP contribution in [0.4, 0.5) is 5.69 Å². The number of hydrogen-bond donors (Lipinski definition) is 2. The predicted octanol–water partition coefficient (Wildman–Crippen LogP) is 4.78. The maximum Gasteiger partial charge on any atom is 0.111 e. The lowest BCUT2D eigenvalue weighted by molar-refractivity contribution is 1.55. The van der Waals surface area contributed by atoms with E-state index in [0.29, 0.717) is 9.98 Å². The first-order valence-electron chi connectivity index (χ1n) is 7.51. The van der Waals surface area contributed by atoms with E-state index in [1.54, 1.807) is 0 Å². The van der Waals surface area contributed by atoms with Crippen LogP contribution in [0.15, 0.2) is 78.9 Å². The molecule has 24 heavy (non-hydrogen) atoms. The van der Waals surface area contributed by atoms with Crippen molar-refractivity contribution in [2.45, 2.75) is 0 Å². The van der Waals surface area contributed by atoms with Crippen LogP contribution < -0.4 is 11.1 Å². The molecule has 0 aliphatic carbocycles. The zero-order chi connectivity index (χ0) is 16.9. The fourth-order valence-corrected chi connectivity index (χ4v) is 2.98. The second kappa shape index (κ2) is 7.34. The average Bonchev–Trinajstić information content (AvgIpc) is 2.63. The fourth-order valence-electron chi connectivity index (χ4n) is 2.56. The smallest absolute Gasteiger partial charge is 0.111 e. The molecule has 118 valence electrons. The van der Waals surface area contributed by atoms with E-state index >= 15 is 0 Å². The lowest BCUT2D eigenvalue weighted by Crippen LogP contribution is -2.15. The Kier molecular flexibility index (Phi) is 4.99. The van der Waals surface area contributed by atoms with Gasteiger partial charge in [0.1, 0.15) is 9.98 Å². The Hall–Kier alpha value is -2.56. The summed E-state index contributed by atoms with van der Waals surface area (Å²) in [5, 5.41) is 3.34. The lowest BCUT2D eigenvalue weighted by atomic mass is 9.97. The molecule has 0 unspecified atom stereocenters. The molecule has 0 radical (unpaired) electrons. The highest BCUT2D eigenvalue weighted by atomic mass is 32.1. The zero-order valence-electron chi connectivity index (χ0n) is 12.9. The molecule has 0 atom stereocenters. The minimum atomic E-state index is 0.364. The van der Waals surface area contributed by atoms with Crippen molar-refractivity contribution in [3.63, 3.8) is 0 Å². The lowest BCUT2D eigenvalue weighted by Gasteiger charge is -2.16. The van der Waals surface area contributed by atoms with E-state index in [4.69, 9.17) is 30.2 Å². The van der Waals surface area contributed by atoms with Crippen molar-refractivity contribution in [2.24, 2.45) is 5.73 Å². The van der Waals surface area contributed by atoms with Crippen molar-refractivity contribution in [3.05, 3.63) is 90.0 Å². The number of thiocarbonyl (C=S) groups is 2. The Balaban J connectivity index is 2.06. The highest BCUT2D eigenvalue weighted by Gasteiger charge is 2.13. The summed E-state index contributed by atoms with van der Waals surface area (Å²) in [5.41, 5.74) is 10.6. The highest BCUT2D eigenvalue weighted by Crippen LogP contribution is 2.32. The summed E-state index contributed by atoms with van der Waals surface area (Å²) in [4.78, 5) is 1.02. The topological polar surface area (TPSA) is 38.0 Å². The van der Waals surface area contributed by atoms with E-state index in [-0.39, 0.29) is 0 Å². The molecule has 0 aliphatic heterocycles. The summed E-state index contributed by atoms with van der Waals surface area (Å²) in [7, 11) is 0. The molecule has 0 saturated heterocycles. The molecule has 0 aromatic heterocycles. The van der Waals surface area contributed by atoms with Gasteiger partial charge in [-0.3, -0.25) is 0 Å². The van der Waals surface area contributed by atoms with Crippen LogP contribution in [0.2, 0.25) is 0 Å². The Morgan fingerprint density at radius 3 is 2.00 bits per heavy atom. The first kappa shape index (κ1) is 16.3. The second-order valence-electron chi connectivity index (χ2n) is 5.28. The molecule has 2 nitrogen and oxygen atoms in total. The van der Waals surface area contributed by atoms with Crippen molar-refractivity contribution in [1.29, 1.82) is 0 Å². The van der Waals surface area contributed by atoms with Gasteiger partial charge in [0.2, 0.25) is 0 Å². The highest BCUT2D eigenvalue weighted by molar-refractivity contribution is 7.81. The average molecular weight is 348 g/mol. The van der Waals surface area contributed by atoms with Gasteiger partial charge in [0.15, 0.2) is 0 Å². The van der Waals surface area contributed by atoms with Gasteiger partial charge in [-0.05, 0) is 11.6 Å². The van der Waals surface area contributed by atoms with Crippen LogP contribution >= 0.6 is 24.4 Å².